The van der Waals surface area contributed by atoms with Gasteiger partial charge in [-0.05, 0) is 6.92 Å². The van der Waals surface area contributed by atoms with Gasteiger partial charge in [-0.25, -0.2) is 4.79 Å². The van der Waals surface area contributed by atoms with Gasteiger partial charge < -0.3 is 9.64 Å². The Bertz CT molecular complexity index is 242. The summed E-state index contributed by atoms with van der Waals surface area (Å²) in [5.74, 6) is -0.360. The Morgan fingerprint density at radius 3 is 3.17 bits per heavy atom. The lowest BCUT2D eigenvalue weighted by molar-refractivity contribution is -0.137. The standard InChI is InChI=1S/C8H10N2O2/c1-2-12-8(11)3-4-10-6-7(10)5-9/h3-4,7H,2,6H2,1H3/b4-3+. The van der Waals surface area contributed by atoms with Crippen molar-refractivity contribution >= 4 is 5.97 Å². The molecule has 1 aliphatic rings. The molecule has 0 amide bonds. The molecule has 0 saturated carbocycles. The molecule has 1 unspecified atom stereocenters. The molecule has 1 saturated heterocycles. The highest BCUT2D eigenvalue weighted by molar-refractivity contribution is 5.81. The molecule has 0 spiro atoms. The van der Waals surface area contributed by atoms with E-state index < -0.39 is 0 Å². The first kappa shape index (κ1) is 8.60. The minimum absolute atomic E-state index is 0.0457. The Morgan fingerprint density at radius 2 is 2.67 bits per heavy atom. The largest absolute Gasteiger partial charge is 0.463 e. The normalized spacial score (nSPS) is 20.7. The van der Waals surface area contributed by atoms with Crippen LogP contribution in [0.1, 0.15) is 6.92 Å². The zero-order chi connectivity index (χ0) is 8.97. The van der Waals surface area contributed by atoms with Gasteiger partial charge in [0.1, 0.15) is 6.04 Å². The summed E-state index contributed by atoms with van der Waals surface area (Å²) < 4.78 is 4.65. The zero-order valence-electron chi connectivity index (χ0n) is 6.86. The van der Waals surface area contributed by atoms with Gasteiger partial charge in [-0.1, -0.05) is 0 Å². The van der Waals surface area contributed by atoms with Crippen LogP contribution in [0.3, 0.4) is 0 Å². The summed E-state index contributed by atoms with van der Waals surface area (Å²) in [4.78, 5) is 12.5. The third-order valence-corrected chi connectivity index (χ3v) is 1.49. The van der Waals surface area contributed by atoms with Crippen molar-refractivity contribution in [1.82, 2.24) is 4.90 Å². The van der Waals surface area contributed by atoms with Crippen molar-refractivity contribution in [2.75, 3.05) is 13.2 Å². The number of rotatable bonds is 3. The molecule has 4 heteroatoms. The topological polar surface area (TPSA) is 53.1 Å². The molecule has 1 aliphatic heterocycles. The van der Waals surface area contributed by atoms with Gasteiger partial charge in [-0.15, -0.1) is 0 Å². The summed E-state index contributed by atoms with van der Waals surface area (Å²) in [5.41, 5.74) is 0. The third-order valence-electron chi connectivity index (χ3n) is 1.49. The van der Waals surface area contributed by atoms with E-state index in [0.717, 1.165) is 0 Å². The highest BCUT2D eigenvalue weighted by Crippen LogP contribution is 2.15. The van der Waals surface area contributed by atoms with E-state index >= 15 is 0 Å². The van der Waals surface area contributed by atoms with Gasteiger partial charge in [0, 0.05) is 12.3 Å². The monoisotopic (exact) mass is 166 g/mol. The highest BCUT2D eigenvalue weighted by atomic mass is 16.5. The SMILES string of the molecule is CCOC(=O)/C=C/N1CC1C#N. The summed E-state index contributed by atoms with van der Waals surface area (Å²) in [6.45, 7) is 2.85. The van der Waals surface area contributed by atoms with Crippen molar-refractivity contribution < 1.29 is 9.53 Å². The molecule has 4 nitrogen and oxygen atoms in total. The number of esters is 1. The minimum Gasteiger partial charge on any atom is -0.463 e. The summed E-state index contributed by atoms with van der Waals surface area (Å²) in [7, 11) is 0. The number of hydrogen-bond acceptors (Lipinski definition) is 4. The lowest BCUT2D eigenvalue weighted by Gasteiger charge is -1.94. The molecule has 12 heavy (non-hydrogen) atoms. The van der Waals surface area contributed by atoms with Crippen LogP contribution in [0.4, 0.5) is 0 Å². The van der Waals surface area contributed by atoms with Crippen molar-refractivity contribution in [2.45, 2.75) is 13.0 Å². The fourth-order valence-corrected chi connectivity index (χ4v) is 0.779. The molecule has 1 heterocycles. The molecule has 1 rings (SSSR count). The number of nitriles is 1. The van der Waals surface area contributed by atoms with Crippen LogP contribution in [-0.4, -0.2) is 30.1 Å². The van der Waals surface area contributed by atoms with Gasteiger partial charge in [-0.2, -0.15) is 5.26 Å². The van der Waals surface area contributed by atoms with Gasteiger partial charge in [0.15, 0.2) is 0 Å². The minimum atomic E-state index is -0.360. The Morgan fingerprint density at radius 1 is 1.92 bits per heavy atom. The third kappa shape index (κ3) is 2.27. The first-order chi connectivity index (χ1) is 5.77. The lowest BCUT2D eigenvalue weighted by atomic mass is 10.5. The fraction of sp³-hybridized carbons (Fsp3) is 0.500. The number of carbonyl (C=O) groups is 1. The number of carbonyl (C=O) groups excluding carboxylic acids is 1. The van der Waals surface area contributed by atoms with Gasteiger partial charge in [-0.3, -0.25) is 0 Å². The first-order valence-electron chi connectivity index (χ1n) is 3.78. The molecule has 1 fully saturated rings. The van der Waals surface area contributed by atoms with E-state index in [1.807, 2.05) is 0 Å². The molecule has 0 bridgehead atoms. The maximum absolute atomic E-state index is 10.8. The molecule has 1 atom stereocenters. The second kappa shape index (κ2) is 3.77. The molecule has 0 aliphatic carbocycles. The molecule has 0 aromatic heterocycles. The highest BCUT2D eigenvalue weighted by Gasteiger charge is 2.30. The molecule has 0 aromatic rings. The van der Waals surface area contributed by atoms with Crippen LogP contribution >= 0.6 is 0 Å². The van der Waals surface area contributed by atoms with Crippen LogP contribution in [0.5, 0.6) is 0 Å². The summed E-state index contributed by atoms with van der Waals surface area (Å²) in [6.07, 6.45) is 2.92. The summed E-state index contributed by atoms with van der Waals surface area (Å²) >= 11 is 0. The Hall–Kier alpha value is -1.50. The van der Waals surface area contributed by atoms with Crippen LogP contribution in [0.15, 0.2) is 12.3 Å². The zero-order valence-corrected chi connectivity index (χ0v) is 6.86. The van der Waals surface area contributed by atoms with Gasteiger partial charge in [0.2, 0.25) is 0 Å². The number of nitrogens with zero attached hydrogens (tertiary/aromatic N) is 2. The molecule has 0 aromatic carbocycles. The fourth-order valence-electron chi connectivity index (χ4n) is 0.779. The van der Waals surface area contributed by atoms with Crippen molar-refractivity contribution in [3.05, 3.63) is 12.3 Å². The van der Waals surface area contributed by atoms with E-state index in [4.69, 9.17) is 5.26 Å². The van der Waals surface area contributed by atoms with E-state index in [0.29, 0.717) is 13.2 Å². The Kier molecular flexibility index (Phi) is 2.70. The van der Waals surface area contributed by atoms with Gasteiger partial charge in [0.25, 0.3) is 0 Å². The second-order valence-electron chi connectivity index (χ2n) is 2.41. The van der Waals surface area contributed by atoms with E-state index in [1.165, 1.54) is 6.08 Å². The molecule has 64 valence electrons. The lowest BCUT2D eigenvalue weighted by Crippen LogP contribution is -2.00. The number of hydrogen-bond donors (Lipinski definition) is 0. The molecular weight excluding hydrogens is 156 g/mol. The van der Waals surface area contributed by atoms with Crippen LogP contribution in [0.25, 0.3) is 0 Å². The molecular formula is C8H10N2O2. The maximum Gasteiger partial charge on any atom is 0.332 e. The predicted octanol–water partition coefficient (Wildman–Crippen LogP) is 0.271. The quantitative estimate of drug-likeness (QED) is 0.343. The average molecular weight is 166 g/mol. The summed E-state index contributed by atoms with van der Waals surface area (Å²) in [6, 6.07) is 2.02. The Balaban J connectivity index is 2.24. The predicted molar refractivity (Wildman–Crippen MR) is 41.9 cm³/mol. The number of ether oxygens (including phenoxy) is 1. The van der Waals surface area contributed by atoms with Gasteiger partial charge in [0.05, 0.1) is 19.2 Å². The van der Waals surface area contributed by atoms with Crippen LogP contribution in [0.2, 0.25) is 0 Å². The van der Waals surface area contributed by atoms with Crippen molar-refractivity contribution in [3.8, 4) is 6.07 Å². The Labute approximate surface area is 71.0 Å². The summed E-state index contributed by atoms with van der Waals surface area (Å²) in [5, 5.41) is 8.40. The maximum atomic E-state index is 10.8. The van der Waals surface area contributed by atoms with Crippen molar-refractivity contribution in [3.63, 3.8) is 0 Å². The molecule has 0 radical (unpaired) electrons. The van der Waals surface area contributed by atoms with E-state index in [2.05, 4.69) is 10.8 Å². The van der Waals surface area contributed by atoms with E-state index in [1.54, 1.807) is 18.0 Å². The van der Waals surface area contributed by atoms with Crippen molar-refractivity contribution in [1.29, 1.82) is 5.26 Å². The molecule has 0 N–H and O–H groups in total. The first-order valence-corrected chi connectivity index (χ1v) is 3.78. The van der Waals surface area contributed by atoms with Crippen LogP contribution in [-0.2, 0) is 9.53 Å². The van der Waals surface area contributed by atoms with Crippen LogP contribution < -0.4 is 0 Å². The van der Waals surface area contributed by atoms with Crippen LogP contribution in [0, 0.1) is 11.3 Å². The smallest absolute Gasteiger partial charge is 0.332 e. The van der Waals surface area contributed by atoms with E-state index in [9.17, 15) is 4.79 Å². The van der Waals surface area contributed by atoms with E-state index in [-0.39, 0.29) is 12.0 Å². The van der Waals surface area contributed by atoms with Gasteiger partial charge >= 0.3 is 5.97 Å². The second-order valence-corrected chi connectivity index (χ2v) is 2.41. The average Bonchev–Trinajstić information content (AvgIpc) is 2.80. The van der Waals surface area contributed by atoms with Crippen molar-refractivity contribution in [2.24, 2.45) is 0 Å².